The lowest BCUT2D eigenvalue weighted by molar-refractivity contribution is -0.136. The normalized spacial score (nSPS) is 9.21. The van der Waals surface area contributed by atoms with Gasteiger partial charge in [0.25, 0.3) is 0 Å². The minimum absolute atomic E-state index is 0.0371. The van der Waals surface area contributed by atoms with Gasteiger partial charge in [-0.25, -0.2) is 0 Å². The van der Waals surface area contributed by atoms with Crippen molar-refractivity contribution < 1.29 is 9.53 Å². The third-order valence-electron chi connectivity index (χ3n) is 1.42. The van der Waals surface area contributed by atoms with E-state index in [1.165, 1.54) is 0 Å². The summed E-state index contributed by atoms with van der Waals surface area (Å²) in [5.41, 5.74) is 0. The number of carbonyl (C=O) groups is 1. The molecule has 0 unspecified atom stereocenters. The maximum absolute atomic E-state index is 11.3. The Morgan fingerprint density at radius 1 is 1.36 bits per heavy atom. The molecular weight excluding hydrogens is 182 g/mol. The lowest BCUT2D eigenvalue weighted by Crippen LogP contribution is -2.35. The molecule has 0 atom stereocenters. The predicted octanol–water partition coefficient (Wildman–Crippen LogP) is 0.287. The molecule has 14 heavy (non-hydrogen) atoms. The molecule has 0 radical (unpaired) electrons. The second-order valence-corrected chi connectivity index (χ2v) is 2.93. The molecule has 76 valence electrons. The summed E-state index contributed by atoms with van der Waals surface area (Å²) in [6, 6.07) is 3.64. The van der Waals surface area contributed by atoms with Crippen molar-refractivity contribution in [3.8, 4) is 12.1 Å². The first-order valence-corrected chi connectivity index (χ1v) is 4.25. The zero-order chi connectivity index (χ0) is 11.0. The largest absolute Gasteiger partial charge is 0.369 e. The molecule has 0 aromatic heterocycles. The Hall–Kier alpha value is -1.59. The van der Waals surface area contributed by atoms with E-state index in [2.05, 4.69) is 0 Å². The highest BCUT2D eigenvalue weighted by atomic mass is 16.5. The molecule has 0 N–H and O–H groups in total. The van der Waals surface area contributed by atoms with E-state index in [0.29, 0.717) is 0 Å². The number of hydrogen-bond donors (Lipinski definition) is 0. The first-order valence-electron chi connectivity index (χ1n) is 4.25. The third kappa shape index (κ3) is 5.13. The number of nitrogens with zero attached hydrogens (tertiary/aromatic N) is 3. The van der Waals surface area contributed by atoms with Crippen LogP contribution in [0.1, 0.15) is 13.8 Å². The molecule has 0 spiro atoms. The summed E-state index contributed by atoms with van der Waals surface area (Å²) in [4.78, 5) is 12.5. The Morgan fingerprint density at radius 2 is 1.86 bits per heavy atom. The second-order valence-electron chi connectivity index (χ2n) is 2.93. The van der Waals surface area contributed by atoms with Gasteiger partial charge in [0.15, 0.2) is 0 Å². The van der Waals surface area contributed by atoms with Crippen LogP contribution in [0.3, 0.4) is 0 Å². The van der Waals surface area contributed by atoms with Crippen LogP contribution in [0.5, 0.6) is 0 Å². The highest BCUT2D eigenvalue weighted by molar-refractivity contribution is 5.77. The van der Waals surface area contributed by atoms with E-state index < -0.39 is 0 Å². The zero-order valence-electron chi connectivity index (χ0n) is 8.36. The van der Waals surface area contributed by atoms with Crippen molar-refractivity contribution in [2.75, 3.05) is 19.7 Å². The molecule has 0 aliphatic carbocycles. The SMILES string of the molecule is CC(C)OCC(=O)N(CC#N)CC#N. The fourth-order valence-corrected chi connectivity index (χ4v) is 0.732. The number of nitriles is 2. The standard InChI is InChI=1S/C9H13N3O2/c1-8(2)14-7-9(13)12(5-3-10)6-4-11/h8H,5-7H2,1-2H3. The number of amides is 1. The van der Waals surface area contributed by atoms with Crippen LogP contribution >= 0.6 is 0 Å². The molecule has 5 heteroatoms. The van der Waals surface area contributed by atoms with Crippen molar-refractivity contribution in [1.82, 2.24) is 4.90 Å². The highest BCUT2D eigenvalue weighted by Gasteiger charge is 2.12. The van der Waals surface area contributed by atoms with Gasteiger partial charge in [0.2, 0.25) is 5.91 Å². The summed E-state index contributed by atoms with van der Waals surface area (Å²) in [5, 5.41) is 16.8. The lowest BCUT2D eigenvalue weighted by Gasteiger charge is -2.16. The predicted molar refractivity (Wildman–Crippen MR) is 48.9 cm³/mol. The average Bonchev–Trinajstić information content (AvgIpc) is 2.14. The molecular formula is C9H13N3O2. The molecule has 1 amide bonds. The van der Waals surface area contributed by atoms with Crippen molar-refractivity contribution in [2.45, 2.75) is 20.0 Å². The van der Waals surface area contributed by atoms with E-state index in [4.69, 9.17) is 15.3 Å². The monoisotopic (exact) mass is 195 g/mol. The molecule has 0 aromatic rings. The van der Waals surface area contributed by atoms with Crippen molar-refractivity contribution in [3.05, 3.63) is 0 Å². The van der Waals surface area contributed by atoms with Crippen LogP contribution in [-0.2, 0) is 9.53 Å². The minimum Gasteiger partial charge on any atom is -0.369 e. The molecule has 0 aliphatic rings. The molecule has 0 aliphatic heterocycles. The smallest absolute Gasteiger partial charge is 0.250 e. The molecule has 0 aromatic carbocycles. The van der Waals surface area contributed by atoms with Crippen LogP contribution in [0, 0.1) is 22.7 Å². The molecule has 0 fully saturated rings. The van der Waals surface area contributed by atoms with Gasteiger partial charge in [-0.3, -0.25) is 4.79 Å². The van der Waals surface area contributed by atoms with Crippen LogP contribution in [0.15, 0.2) is 0 Å². The number of hydrogen-bond acceptors (Lipinski definition) is 4. The van der Waals surface area contributed by atoms with Gasteiger partial charge in [-0.2, -0.15) is 10.5 Å². The Labute approximate surface area is 83.5 Å². The van der Waals surface area contributed by atoms with Gasteiger partial charge in [-0.1, -0.05) is 0 Å². The first-order chi connectivity index (χ1) is 6.61. The number of rotatable bonds is 5. The van der Waals surface area contributed by atoms with Crippen LogP contribution in [0.2, 0.25) is 0 Å². The maximum atomic E-state index is 11.3. The average molecular weight is 195 g/mol. The summed E-state index contributed by atoms with van der Waals surface area (Å²) in [5.74, 6) is -0.332. The van der Waals surface area contributed by atoms with E-state index in [1.807, 2.05) is 26.0 Å². The van der Waals surface area contributed by atoms with Crippen molar-refractivity contribution in [3.63, 3.8) is 0 Å². The highest BCUT2D eigenvalue weighted by Crippen LogP contribution is 1.93. The van der Waals surface area contributed by atoms with Crippen LogP contribution < -0.4 is 0 Å². The Balaban J connectivity index is 4.04. The number of carbonyl (C=O) groups excluding carboxylic acids is 1. The molecule has 0 heterocycles. The Bertz CT molecular complexity index is 246. The van der Waals surface area contributed by atoms with Gasteiger partial charge < -0.3 is 9.64 Å². The van der Waals surface area contributed by atoms with Crippen LogP contribution in [0.4, 0.5) is 0 Å². The van der Waals surface area contributed by atoms with E-state index in [0.717, 1.165) is 4.90 Å². The second kappa shape index (κ2) is 6.88. The number of ether oxygens (including phenoxy) is 1. The Morgan fingerprint density at radius 3 is 2.21 bits per heavy atom. The van der Waals surface area contributed by atoms with Gasteiger partial charge >= 0.3 is 0 Å². The fourth-order valence-electron chi connectivity index (χ4n) is 0.732. The summed E-state index contributed by atoms with van der Waals surface area (Å²) >= 11 is 0. The molecule has 0 bridgehead atoms. The molecule has 5 nitrogen and oxygen atoms in total. The van der Waals surface area contributed by atoms with Crippen molar-refractivity contribution in [2.24, 2.45) is 0 Å². The van der Waals surface area contributed by atoms with Crippen molar-refractivity contribution in [1.29, 1.82) is 10.5 Å². The summed E-state index contributed by atoms with van der Waals surface area (Å²) in [6.45, 7) is 3.39. The fraction of sp³-hybridized carbons (Fsp3) is 0.667. The van der Waals surface area contributed by atoms with Gasteiger partial charge in [0.05, 0.1) is 18.2 Å². The Kier molecular flexibility index (Phi) is 6.09. The molecule has 0 rings (SSSR count). The van der Waals surface area contributed by atoms with E-state index in [-0.39, 0.29) is 31.7 Å². The zero-order valence-corrected chi connectivity index (χ0v) is 8.36. The summed E-state index contributed by atoms with van der Waals surface area (Å²) in [7, 11) is 0. The van der Waals surface area contributed by atoms with Crippen LogP contribution in [-0.4, -0.2) is 36.6 Å². The van der Waals surface area contributed by atoms with E-state index in [9.17, 15) is 4.79 Å². The molecule has 0 saturated carbocycles. The minimum atomic E-state index is -0.332. The summed E-state index contributed by atoms with van der Waals surface area (Å²) < 4.78 is 5.07. The molecule has 0 saturated heterocycles. The summed E-state index contributed by atoms with van der Waals surface area (Å²) in [6.07, 6.45) is -0.0371. The lowest BCUT2D eigenvalue weighted by atomic mass is 10.4. The third-order valence-corrected chi connectivity index (χ3v) is 1.42. The van der Waals surface area contributed by atoms with Crippen LogP contribution in [0.25, 0.3) is 0 Å². The van der Waals surface area contributed by atoms with E-state index in [1.54, 1.807) is 0 Å². The first kappa shape index (κ1) is 12.4. The maximum Gasteiger partial charge on any atom is 0.250 e. The quantitative estimate of drug-likeness (QED) is 0.590. The van der Waals surface area contributed by atoms with Gasteiger partial charge in [0, 0.05) is 0 Å². The topological polar surface area (TPSA) is 77.1 Å². The van der Waals surface area contributed by atoms with Gasteiger partial charge in [-0.15, -0.1) is 0 Å². The van der Waals surface area contributed by atoms with Crippen molar-refractivity contribution >= 4 is 5.91 Å². The van der Waals surface area contributed by atoms with Gasteiger partial charge in [0.1, 0.15) is 19.7 Å². The van der Waals surface area contributed by atoms with E-state index >= 15 is 0 Å². The van der Waals surface area contributed by atoms with Gasteiger partial charge in [-0.05, 0) is 13.8 Å².